The third-order valence-electron chi connectivity index (χ3n) is 7.99. The molecular weight excluding hydrogens is 713 g/mol. The van der Waals surface area contributed by atoms with Gasteiger partial charge in [-0.25, -0.2) is 14.8 Å². The maximum absolute atomic E-state index is 12.7. The van der Waals surface area contributed by atoms with Crippen molar-refractivity contribution in [2.75, 3.05) is 18.6 Å². The number of ether oxygens (including phenoxy) is 1. The number of hydrazone groups is 1. The maximum atomic E-state index is 12.7. The van der Waals surface area contributed by atoms with Crippen molar-refractivity contribution in [1.82, 2.24) is 20.6 Å². The van der Waals surface area contributed by atoms with Crippen molar-refractivity contribution in [2.24, 2.45) is 5.10 Å². The molecule has 2 heterocycles. The quantitative estimate of drug-likeness (QED) is 0.0250. The Balaban J connectivity index is 1.03. The first-order chi connectivity index (χ1) is 26.1. The number of hydrogen-bond donors (Lipinski definition) is 5. The summed E-state index contributed by atoms with van der Waals surface area (Å²) in [5, 5.41) is 18.3. The molecular formula is C39H38N6O8S. The van der Waals surface area contributed by atoms with E-state index in [-0.39, 0.29) is 28.4 Å². The minimum Gasteiger partial charge on any atom is -0.479 e. The average Bonchev–Trinajstić information content (AvgIpc) is 3.18. The highest BCUT2D eigenvalue weighted by Gasteiger charge is 2.28. The number of carbonyl (C=O) groups is 3. The Morgan fingerprint density at radius 3 is 2.19 bits per heavy atom. The van der Waals surface area contributed by atoms with Crippen molar-refractivity contribution < 1.29 is 37.2 Å². The Morgan fingerprint density at radius 1 is 0.815 bits per heavy atom. The summed E-state index contributed by atoms with van der Waals surface area (Å²) in [5.41, 5.74) is 6.54. The average molecular weight is 751 g/mol. The molecule has 3 aromatic carbocycles. The molecule has 54 heavy (non-hydrogen) atoms. The van der Waals surface area contributed by atoms with E-state index >= 15 is 0 Å². The summed E-state index contributed by atoms with van der Waals surface area (Å²) in [6.07, 6.45) is 5.22. The van der Waals surface area contributed by atoms with Gasteiger partial charge in [-0.3, -0.25) is 19.6 Å². The van der Waals surface area contributed by atoms with Crippen LogP contribution in [0.4, 0.5) is 5.82 Å². The number of carboxylic acid groups (broad SMARTS) is 1. The molecule has 0 bridgehead atoms. The standard InChI is InChI=1S/C39H38N6O8S/c46-37(30-19-20-34(41-25-30)45-42-26-29-17-9-10-18-33(29)54(50,51)52)44-36(39(48)49)38(47)40-21-11-1-2-12-22-53-35-24-31(27-13-5-3-6-14-27)23-32(43-35)28-15-7-4-8-16-28/h3-10,13-20,23-26,36H,1-2,11-12,21-22H2,(H,40,47)(H,41,45)(H,44,46)(H,48,49)(H,50,51,52)/b42-26+. The van der Waals surface area contributed by atoms with E-state index in [1.807, 2.05) is 72.8 Å². The summed E-state index contributed by atoms with van der Waals surface area (Å²) >= 11 is 0. The van der Waals surface area contributed by atoms with Gasteiger partial charge in [-0.15, -0.1) is 0 Å². The fourth-order valence-electron chi connectivity index (χ4n) is 5.24. The molecule has 5 rings (SSSR count). The monoisotopic (exact) mass is 750 g/mol. The lowest BCUT2D eigenvalue weighted by Crippen LogP contribution is -2.51. The van der Waals surface area contributed by atoms with Gasteiger partial charge in [0.2, 0.25) is 11.9 Å². The Morgan fingerprint density at radius 2 is 1.50 bits per heavy atom. The third-order valence-corrected chi connectivity index (χ3v) is 8.92. The summed E-state index contributed by atoms with van der Waals surface area (Å²) in [6.45, 7) is 0.668. The first-order valence-electron chi connectivity index (χ1n) is 17.0. The second kappa shape index (κ2) is 18.9. The Kier molecular flexibility index (Phi) is 13.5. The van der Waals surface area contributed by atoms with Crippen LogP contribution in [0.5, 0.6) is 5.88 Å². The van der Waals surface area contributed by atoms with Crippen molar-refractivity contribution in [3.63, 3.8) is 0 Å². The van der Waals surface area contributed by atoms with Crippen LogP contribution in [0.25, 0.3) is 22.4 Å². The normalized spacial score (nSPS) is 11.8. The van der Waals surface area contributed by atoms with Crippen molar-refractivity contribution in [3.8, 4) is 28.3 Å². The van der Waals surface area contributed by atoms with Gasteiger partial charge >= 0.3 is 5.97 Å². The Hall–Kier alpha value is -6.45. The lowest BCUT2D eigenvalue weighted by Gasteiger charge is -2.15. The van der Waals surface area contributed by atoms with Crippen LogP contribution in [0, 0.1) is 0 Å². The number of pyridine rings is 2. The summed E-state index contributed by atoms with van der Waals surface area (Å²) < 4.78 is 38.4. The molecule has 5 N–H and O–H groups in total. The highest BCUT2D eigenvalue weighted by molar-refractivity contribution is 7.86. The van der Waals surface area contributed by atoms with Crippen LogP contribution >= 0.6 is 0 Å². The first-order valence-corrected chi connectivity index (χ1v) is 18.4. The number of carbonyl (C=O) groups excluding carboxylic acids is 2. The van der Waals surface area contributed by atoms with Crippen LogP contribution < -0.4 is 20.8 Å². The van der Waals surface area contributed by atoms with Gasteiger partial charge in [-0.2, -0.15) is 13.5 Å². The molecule has 0 radical (unpaired) electrons. The fraction of sp³-hybridized carbons (Fsp3) is 0.179. The van der Waals surface area contributed by atoms with Gasteiger partial charge in [0, 0.05) is 29.9 Å². The number of nitrogens with one attached hydrogen (secondary N) is 3. The molecule has 2 amide bonds. The van der Waals surface area contributed by atoms with E-state index in [0.29, 0.717) is 18.9 Å². The molecule has 0 aliphatic heterocycles. The number of rotatable bonds is 18. The molecule has 5 aromatic rings. The number of nitrogens with zero attached hydrogens (tertiary/aromatic N) is 3. The van der Waals surface area contributed by atoms with Crippen molar-refractivity contribution >= 4 is 39.9 Å². The number of carboxylic acids is 1. The van der Waals surface area contributed by atoms with E-state index in [4.69, 9.17) is 9.72 Å². The lowest BCUT2D eigenvalue weighted by molar-refractivity contribution is -0.143. The van der Waals surface area contributed by atoms with E-state index in [2.05, 4.69) is 26.1 Å². The number of aliphatic carboxylic acids is 1. The molecule has 14 nitrogen and oxygen atoms in total. The molecule has 1 unspecified atom stereocenters. The van der Waals surface area contributed by atoms with Crippen LogP contribution in [-0.4, -0.2) is 71.2 Å². The van der Waals surface area contributed by atoms with Crippen molar-refractivity contribution in [1.29, 1.82) is 0 Å². The highest BCUT2D eigenvalue weighted by Crippen LogP contribution is 2.29. The van der Waals surface area contributed by atoms with Crippen molar-refractivity contribution in [3.05, 3.63) is 127 Å². The highest BCUT2D eigenvalue weighted by atomic mass is 32.2. The first kappa shape index (κ1) is 38.8. The third kappa shape index (κ3) is 11.3. The zero-order chi connectivity index (χ0) is 38.3. The van der Waals surface area contributed by atoms with Gasteiger partial charge in [0.05, 0.1) is 24.1 Å². The van der Waals surface area contributed by atoms with Gasteiger partial charge in [-0.05, 0) is 48.2 Å². The van der Waals surface area contributed by atoms with Gasteiger partial charge in [0.25, 0.3) is 21.9 Å². The predicted octanol–water partition coefficient (Wildman–Crippen LogP) is 5.44. The van der Waals surface area contributed by atoms with E-state index in [1.54, 1.807) is 6.07 Å². The molecule has 1 atom stereocenters. The van der Waals surface area contributed by atoms with Gasteiger partial charge in [0.1, 0.15) is 10.7 Å². The summed E-state index contributed by atoms with van der Waals surface area (Å²) in [4.78, 5) is 45.6. The number of aromatic nitrogens is 2. The number of anilines is 1. The number of hydrogen-bond acceptors (Lipinski definition) is 10. The van der Waals surface area contributed by atoms with E-state index in [9.17, 15) is 32.5 Å². The largest absolute Gasteiger partial charge is 0.479 e. The minimum atomic E-state index is -4.46. The second-order valence-corrected chi connectivity index (χ2v) is 13.3. The number of amides is 2. The fourth-order valence-corrected chi connectivity index (χ4v) is 5.91. The summed E-state index contributed by atoms with van der Waals surface area (Å²) in [6, 6.07) is 30.4. The SMILES string of the molecule is O=C(NC(C(=O)O)C(=O)NCCCCCCOc1cc(-c2ccccc2)cc(-c2ccccc2)n1)c1ccc(N/N=C/c2ccccc2S(=O)(=O)O)nc1. The molecule has 0 aliphatic rings. The molecule has 15 heteroatoms. The van der Waals surface area contributed by atoms with E-state index < -0.39 is 33.9 Å². The van der Waals surface area contributed by atoms with Crippen LogP contribution in [0.2, 0.25) is 0 Å². The van der Waals surface area contributed by atoms with Crippen LogP contribution in [-0.2, 0) is 19.7 Å². The van der Waals surface area contributed by atoms with E-state index in [0.717, 1.165) is 47.8 Å². The lowest BCUT2D eigenvalue weighted by atomic mass is 10.0. The molecule has 278 valence electrons. The number of unbranched alkanes of at least 4 members (excludes halogenated alkanes) is 3. The second-order valence-electron chi connectivity index (χ2n) is 11.9. The Labute approximate surface area is 312 Å². The maximum Gasteiger partial charge on any atom is 0.336 e. The molecule has 2 aromatic heterocycles. The van der Waals surface area contributed by atoms with Gasteiger partial charge in [0.15, 0.2) is 0 Å². The Bertz CT molecular complexity index is 2130. The van der Waals surface area contributed by atoms with Gasteiger partial charge < -0.3 is 20.5 Å². The molecule has 0 saturated carbocycles. The summed E-state index contributed by atoms with van der Waals surface area (Å²) in [7, 11) is -4.46. The smallest absolute Gasteiger partial charge is 0.336 e. The van der Waals surface area contributed by atoms with Crippen LogP contribution in [0.1, 0.15) is 41.6 Å². The molecule has 0 saturated heterocycles. The predicted molar refractivity (Wildman–Crippen MR) is 203 cm³/mol. The topological polar surface area (TPSA) is 209 Å². The van der Waals surface area contributed by atoms with E-state index in [1.165, 1.54) is 36.5 Å². The molecule has 0 fully saturated rings. The summed E-state index contributed by atoms with van der Waals surface area (Å²) in [5.74, 6) is -2.51. The minimum absolute atomic E-state index is 0.0131. The van der Waals surface area contributed by atoms with Crippen LogP contribution in [0.15, 0.2) is 125 Å². The number of benzene rings is 3. The van der Waals surface area contributed by atoms with Gasteiger partial charge in [-0.1, -0.05) is 91.7 Å². The van der Waals surface area contributed by atoms with Crippen LogP contribution in [0.3, 0.4) is 0 Å². The molecule has 0 spiro atoms. The molecule has 0 aliphatic carbocycles. The zero-order valence-electron chi connectivity index (χ0n) is 29.0. The zero-order valence-corrected chi connectivity index (χ0v) is 29.8. The van der Waals surface area contributed by atoms with Crippen molar-refractivity contribution in [2.45, 2.75) is 36.6 Å².